The highest BCUT2D eigenvalue weighted by molar-refractivity contribution is 7.84. The zero-order valence-corrected chi connectivity index (χ0v) is 10.7. The summed E-state index contributed by atoms with van der Waals surface area (Å²) in [6.45, 7) is 1.92. The fourth-order valence-corrected chi connectivity index (χ4v) is 2.66. The van der Waals surface area contributed by atoms with E-state index in [1.807, 2.05) is 13.0 Å². The maximum atomic E-state index is 13.3. The Morgan fingerprint density at radius 1 is 1.33 bits per heavy atom. The molecule has 3 nitrogen and oxygen atoms in total. The van der Waals surface area contributed by atoms with E-state index in [0.717, 1.165) is 11.1 Å². The number of pyridine rings is 1. The molecule has 0 aliphatic carbocycles. The second-order valence-corrected chi connectivity index (χ2v) is 5.49. The van der Waals surface area contributed by atoms with Gasteiger partial charge in [0, 0.05) is 17.3 Å². The molecule has 94 valence electrons. The smallest absolute Gasteiger partial charge is 0.147 e. The molecule has 0 amide bonds. The van der Waals surface area contributed by atoms with Crippen LogP contribution >= 0.6 is 0 Å². The third-order valence-electron chi connectivity index (χ3n) is 2.46. The van der Waals surface area contributed by atoms with Gasteiger partial charge in [0.05, 0.1) is 22.2 Å². The van der Waals surface area contributed by atoms with Gasteiger partial charge in [0.15, 0.2) is 0 Å². The molecule has 1 heterocycles. The summed E-state index contributed by atoms with van der Waals surface area (Å²) in [6.07, 6.45) is 3.40. The number of nitrogens with two attached hydrogens (primary N) is 1. The van der Waals surface area contributed by atoms with Crippen molar-refractivity contribution in [1.82, 2.24) is 4.98 Å². The molecule has 0 aliphatic heterocycles. The van der Waals surface area contributed by atoms with E-state index in [1.165, 1.54) is 12.1 Å². The van der Waals surface area contributed by atoms with Crippen molar-refractivity contribution in [3.63, 3.8) is 0 Å². The van der Waals surface area contributed by atoms with Gasteiger partial charge in [-0.1, -0.05) is 6.07 Å². The summed E-state index contributed by atoms with van der Waals surface area (Å²) in [5.41, 5.74) is 7.31. The molecule has 18 heavy (non-hydrogen) atoms. The van der Waals surface area contributed by atoms with Crippen molar-refractivity contribution < 1.29 is 8.60 Å². The number of rotatable bonds is 3. The minimum atomic E-state index is -1.30. The molecule has 5 heteroatoms. The molecule has 0 bridgehead atoms. The number of benzene rings is 1. The highest BCUT2D eigenvalue weighted by Gasteiger charge is 2.08. The van der Waals surface area contributed by atoms with Crippen LogP contribution < -0.4 is 5.73 Å². The van der Waals surface area contributed by atoms with Crippen molar-refractivity contribution in [1.29, 1.82) is 0 Å². The molecule has 2 rings (SSSR count). The third kappa shape index (κ3) is 2.92. The third-order valence-corrected chi connectivity index (χ3v) is 3.84. The van der Waals surface area contributed by atoms with E-state index < -0.39 is 16.6 Å². The molecule has 0 aliphatic rings. The molecule has 0 saturated heterocycles. The predicted molar refractivity (Wildman–Crippen MR) is 69.9 cm³/mol. The van der Waals surface area contributed by atoms with E-state index in [9.17, 15) is 8.60 Å². The van der Waals surface area contributed by atoms with Gasteiger partial charge in [-0.2, -0.15) is 0 Å². The van der Waals surface area contributed by atoms with Crippen LogP contribution in [0.4, 0.5) is 10.1 Å². The molecule has 0 radical (unpaired) electrons. The lowest BCUT2D eigenvalue weighted by atomic mass is 10.2. The van der Waals surface area contributed by atoms with E-state index in [1.54, 1.807) is 18.5 Å². The van der Waals surface area contributed by atoms with E-state index in [0.29, 0.717) is 10.6 Å². The summed E-state index contributed by atoms with van der Waals surface area (Å²) < 4.78 is 25.3. The summed E-state index contributed by atoms with van der Waals surface area (Å²) in [7, 11) is -1.30. The van der Waals surface area contributed by atoms with Gasteiger partial charge in [0.25, 0.3) is 0 Å². The van der Waals surface area contributed by atoms with Crippen molar-refractivity contribution in [2.24, 2.45) is 0 Å². The van der Waals surface area contributed by atoms with Crippen molar-refractivity contribution in [2.45, 2.75) is 17.6 Å². The number of anilines is 1. The maximum Gasteiger partial charge on any atom is 0.147 e. The Bertz CT molecular complexity index is 601. The summed E-state index contributed by atoms with van der Waals surface area (Å²) in [4.78, 5) is 4.47. The monoisotopic (exact) mass is 264 g/mol. The Hall–Kier alpha value is -1.75. The Balaban J connectivity index is 2.19. The fraction of sp³-hybridized carbons (Fsp3) is 0.154. The molecule has 2 aromatic rings. The molecule has 1 atom stereocenters. The van der Waals surface area contributed by atoms with Gasteiger partial charge < -0.3 is 5.73 Å². The van der Waals surface area contributed by atoms with Crippen LogP contribution in [0.3, 0.4) is 0 Å². The van der Waals surface area contributed by atoms with Crippen LogP contribution in [0, 0.1) is 12.7 Å². The standard InChI is InChI=1S/C13H13FN2OS/c1-9-4-10(7-16-6-9)8-18(17)11-2-3-13(15)12(14)5-11/h2-7H,8,15H2,1H3. The van der Waals surface area contributed by atoms with Crippen molar-refractivity contribution in [3.8, 4) is 0 Å². The molecule has 0 saturated carbocycles. The van der Waals surface area contributed by atoms with Crippen molar-refractivity contribution >= 4 is 16.5 Å². The molecule has 2 N–H and O–H groups in total. The predicted octanol–water partition coefficient (Wildman–Crippen LogP) is 2.42. The van der Waals surface area contributed by atoms with Gasteiger partial charge in [-0.15, -0.1) is 0 Å². The number of aryl methyl sites for hydroxylation is 1. The lowest BCUT2D eigenvalue weighted by Gasteiger charge is -2.04. The fourth-order valence-electron chi connectivity index (χ4n) is 1.58. The first-order chi connectivity index (χ1) is 8.56. The van der Waals surface area contributed by atoms with Crippen LogP contribution in [0.25, 0.3) is 0 Å². The minimum Gasteiger partial charge on any atom is -0.396 e. The lowest BCUT2D eigenvalue weighted by molar-refractivity contribution is 0.627. The molecule has 1 unspecified atom stereocenters. The topological polar surface area (TPSA) is 56.0 Å². The molecule has 1 aromatic carbocycles. The highest BCUT2D eigenvalue weighted by Crippen LogP contribution is 2.17. The Morgan fingerprint density at radius 2 is 2.11 bits per heavy atom. The molecular formula is C13H13FN2OS. The number of hydrogen-bond donors (Lipinski definition) is 1. The minimum absolute atomic E-state index is 0.0629. The van der Waals surface area contributed by atoms with Gasteiger partial charge in [-0.05, 0) is 36.2 Å². The van der Waals surface area contributed by atoms with E-state index in [2.05, 4.69) is 4.98 Å². The summed E-state index contributed by atoms with van der Waals surface area (Å²) in [5, 5.41) is 0. The number of nitrogens with zero attached hydrogens (tertiary/aromatic N) is 1. The van der Waals surface area contributed by atoms with E-state index in [4.69, 9.17) is 5.73 Å². The zero-order chi connectivity index (χ0) is 13.1. The van der Waals surface area contributed by atoms with Crippen LogP contribution in [-0.4, -0.2) is 9.19 Å². The van der Waals surface area contributed by atoms with Crippen LogP contribution in [0.2, 0.25) is 0 Å². The van der Waals surface area contributed by atoms with Gasteiger partial charge in [-0.25, -0.2) is 4.39 Å². The van der Waals surface area contributed by atoms with Crippen molar-refractivity contribution in [2.75, 3.05) is 5.73 Å². The number of halogens is 1. The first-order valence-electron chi connectivity index (χ1n) is 5.40. The van der Waals surface area contributed by atoms with Crippen LogP contribution in [0.15, 0.2) is 41.6 Å². The molecule has 0 fully saturated rings. The van der Waals surface area contributed by atoms with E-state index >= 15 is 0 Å². The largest absolute Gasteiger partial charge is 0.396 e. The van der Waals surface area contributed by atoms with Gasteiger partial charge in [0.2, 0.25) is 0 Å². The normalized spacial score (nSPS) is 12.3. The number of aromatic nitrogens is 1. The number of nitrogen functional groups attached to an aromatic ring is 1. The summed E-state index contributed by atoms with van der Waals surface area (Å²) in [6, 6.07) is 6.14. The molecular weight excluding hydrogens is 251 g/mol. The lowest BCUT2D eigenvalue weighted by Crippen LogP contribution is -1.99. The average Bonchev–Trinajstić information content (AvgIpc) is 2.32. The van der Waals surface area contributed by atoms with Crippen molar-refractivity contribution in [3.05, 3.63) is 53.6 Å². The Morgan fingerprint density at radius 3 is 2.78 bits per heavy atom. The van der Waals surface area contributed by atoms with Crippen LogP contribution in [0.5, 0.6) is 0 Å². The second kappa shape index (κ2) is 5.27. The Kier molecular flexibility index (Phi) is 3.72. The Labute approximate surface area is 107 Å². The first-order valence-corrected chi connectivity index (χ1v) is 6.72. The molecule has 0 spiro atoms. The second-order valence-electron chi connectivity index (χ2n) is 4.04. The molecule has 1 aromatic heterocycles. The highest BCUT2D eigenvalue weighted by atomic mass is 32.2. The quantitative estimate of drug-likeness (QED) is 0.866. The summed E-state index contributed by atoms with van der Waals surface area (Å²) >= 11 is 0. The van der Waals surface area contributed by atoms with Gasteiger partial charge in [0.1, 0.15) is 5.82 Å². The average molecular weight is 264 g/mol. The van der Waals surface area contributed by atoms with Gasteiger partial charge >= 0.3 is 0 Å². The summed E-state index contributed by atoms with van der Waals surface area (Å²) in [5.74, 6) is -0.221. The van der Waals surface area contributed by atoms with Crippen LogP contribution in [0.1, 0.15) is 11.1 Å². The first kappa shape index (κ1) is 12.7. The maximum absolute atomic E-state index is 13.3. The SMILES string of the molecule is Cc1cncc(CS(=O)c2ccc(N)c(F)c2)c1. The van der Waals surface area contributed by atoms with Gasteiger partial charge in [-0.3, -0.25) is 9.19 Å². The zero-order valence-electron chi connectivity index (χ0n) is 9.89. The number of hydrogen-bond acceptors (Lipinski definition) is 3. The van der Waals surface area contributed by atoms with Crippen LogP contribution in [-0.2, 0) is 16.6 Å². The van der Waals surface area contributed by atoms with E-state index in [-0.39, 0.29) is 5.69 Å².